The van der Waals surface area contributed by atoms with Crippen LogP contribution in [-0.2, 0) is 14.9 Å². The second kappa shape index (κ2) is 8.15. The number of hydrazone groups is 1. The van der Waals surface area contributed by atoms with Crippen LogP contribution in [0.25, 0.3) is 0 Å². The molecule has 132 valence electrons. The van der Waals surface area contributed by atoms with Crippen molar-refractivity contribution in [3.05, 3.63) is 54.1 Å². The minimum atomic E-state index is -3.95. The molecule has 25 heavy (non-hydrogen) atoms. The highest BCUT2D eigenvalue weighted by Gasteiger charge is 2.16. The summed E-state index contributed by atoms with van der Waals surface area (Å²) in [6.07, 6.45) is 0.681. The third kappa shape index (κ3) is 5.21. The Kier molecular flexibility index (Phi) is 5.96. The fourth-order valence-electron chi connectivity index (χ4n) is 1.73. The van der Waals surface area contributed by atoms with E-state index in [9.17, 15) is 13.2 Å². The van der Waals surface area contributed by atoms with Crippen molar-refractivity contribution in [1.82, 2.24) is 5.43 Å². The number of carbonyl (C=O) groups excluding carboxylic acids is 1. The second-order valence-electron chi connectivity index (χ2n) is 4.64. The van der Waals surface area contributed by atoms with Gasteiger partial charge in [-0.25, -0.2) is 10.2 Å². The zero-order valence-corrected chi connectivity index (χ0v) is 14.3. The fourth-order valence-corrected chi connectivity index (χ4v) is 2.66. The molecule has 0 radical (unpaired) electrons. The minimum Gasteiger partial charge on any atom is -0.497 e. The number of nitrogens with one attached hydrogen (secondary N) is 1. The Morgan fingerprint density at radius 2 is 1.60 bits per heavy atom. The number of amides is 1. The molecule has 2 aromatic rings. The topological polar surface area (TPSA) is 103 Å². The molecular weight excluding hydrogens is 348 g/mol. The van der Waals surface area contributed by atoms with Crippen molar-refractivity contribution in [3.63, 3.8) is 0 Å². The van der Waals surface area contributed by atoms with Crippen LogP contribution in [0.2, 0.25) is 0 Å². The number of hydrogen-bond acceptors (Lipinski definition) is 7. The van der Waals surface area contributed by atoms with Crippen LogP contribution in [-0.4, -0.2) is 34.9 Å². The normalized spacial score (nSPS) is 11.1. The molecule has 1 N–H and O–H groups in total. The number of nitrogens with zero attached hydrogens (tertiary/aromatic N) is 1. The molecule has 0 aromatic heterocycles. The minimum absolute atomic E-state index is 0.0150. The van der Waals surface area contributed by atoms with Crippen molar-refractivity contribution in [2.45, 2.75) is 4.90 Å². The average molecular weight is 364 g/mol. The van der Waals surface area contributed by atoms with Gasteiger partial charge in [-0.1, -0.05) is 0 Å². The second-order valence-corrected chi connectivity index (χ2v) is 6.19. The Hall–Kier alpha value is -3.07. The van der Waals surface area contributed by atoms with Gasteiger partial charge in [0.2, 0.25) is 0 Å². The fraction of sp³-hybridized carbons (Fsp3) is 0.125. The summed E-state index contributed by atoms with van der Waals surface area (Å²) < 4.78 is 38.9. The Labute approximate surface area is 145 Å². The van der Waals surface area contributed by atoms with E-state index in [0.717, 1.165) is 0 Å². The Bertz CT molecular complexity index is 845. The predicted octanol–water partition coefficient (Wildman–Crippen LogP) is 2.15. The van der Waals surface area contributed by atoms with Gasteiger partial charge in [-0.3, -0.25) is 0 Å². The lowest BCUT2D eigenvalue weighted by atomic mass is 10.2. The maximum Gasteiger partial charge on any atom is 0.427 e. The quantitative estimate of drug-likeness (QED) is 0.479. The summed E-state index contributed by atoms with van der Waals surface area (Å²) in [7, 11) is -1.23. The van der Waals surface area contributed by atoms with Crippen LogP contribution >= 0.6 is 0 Å². The van der Waals surface area contributed by atoms with Crippen LogP contribution in [0.5, 0.6) is 11.5 Å². The molecule has 2 aromatic carbocycles. The maximum absolute atomic E-state index is 12.2. The molecule has 0 aliphatic carbocycles. The van der Waals surface area contributed by atoms with E-state index >= 15 is 0 Å². The van der Waals surface area contributed by atoms with Gasteiger partial charge < -0.3 is 13.7 Å². The van der Waals surface area contributed by atoms with E-state index in [1.807, 2.05) is 0 Å². The molecule has 0 aliphatic rings. The molecular formula is C16H16N2O6S. The van der Waals surface area contributed by atoms with Gasteiger partial charge in [-0.2, -0.15) is 13.5 Å². The van der Waals surface area contributed by atoms with E-state index in [4.69, 9.17) is 8.92 Å². The lowest BCUT2D eigenvalue weighted by molar-refractivity contribution is 0.171. The van der Waals surface area contributed by atoms with E-state index < -0.39 is 16.2 Å². The SMILES string of the molecule is COC(=O)N/N=C/c1ccc(OS(=O)(=O)c2ccc(OC)cc2)cc1. The molecule has 0 fully saturated rings. The van der Waals surface area contributed by atoms with Gasteiger partial charge >= 0.3 is 16.2 Å². The van der Waals surface area contributed by atoms with Crippen molar-refractivity contribution in [3.8, 4) is 11.5 Å². The van der Waals surface area contributed by atoms with Crippen LogP contribution < -0.4 is 14.3 Å². The summed E-state index contributed by atoms with van der Waals surface area (Å²) in [5.41, 5.74) is 2.77. The van der Waals surface area contributed by atoms with Crippen LogP contribution in [0.15, 0.2) is 58.5 Å². The molecule has 9 heteroatoms. The summed E-state index contributed by atoms with van der Waals surface area (Å²) in [6, 6.07) is 12.0. The highest BCUT2D eigenvalue weighted by atomic mass is 32.2. The maximum atomic E-state index is 12.2. The average Bonchev–Trinajstić information content (AvgIpc) is 2.62. The molecule has 0 aliphatic heterocycles. The van der Waals surface area contributed by atoms with E-state index in [1.165, 1.54) is 56.8 Å². The summed E-state index contributed by atoms with van der Waals surface area (Å²) in [4.78, 5) is 10.9. The third-order valence-corrected chi connectivity index (χ3v) is 4.25. The van der Waals surface area contributed by atoms with Crippen LogP contribution in [0, 0.1) is 0 Å². The van der Waals surface area contributed by atoms with Crippen molar-refractivity contribution in [2.24, 2.45) is 5.10 Å². The molecule has 0 unspecified atom stereocenters. The first-order chi connectivity index (χ1) is 11.9. The summed E-state index contributed by atoms with van der Waals surface area (Å²) >= 11 is 0. The van der Waals surface area contributed by atoms with E-state index in [0.29, 0.717) is 11.3 Å². The van der Waals surface area contributed by atoms with Crippen LogP contribution in [0.3, 0.4) is 0 Å². The summed E-state index contributed by atoms with van der Waals surface area (Å²) in [5.74, 6) is 0.692. The van der Waals surface area contributed by atoms with Crippen LogP contribution in [0.1, 0.15) is 5.56 Å². The van der Waals surface area contributed by atoms with Crippen molar-refractivity contribution < 1.29 is 26.9 Å². The molecule has 0 saturated heterocycles. The lowest BCUT2D eigenvalue weighted by Gasteiger charge is -2.08. The molecule has 0 bridgehead atoms. The Balaban J connectivity index is 2.05. The number of hydrogen-bond donors (Lipinski definition) is 1. The van der Waals surface area contributed by atoms with E-state index in [2.05, 4.69) is 15.3 Å². The number of methoxy groups -OCH3 is 2. The molecule has 8 nitrogen and oxygen atoms in total. The van der Waals surface area contributed by atoms with Gasteiger partial charge in [0.15, 0.2) is 0 Å². The first-order valence-corrected chi connectivity index (χ1v) is 8.41. The van der Waals surface area contributed by atoms with Gasteiger partial charge in [0.25, 0.3) is 0 Å². The largest absolute Gasteiger partial charge is 0.497 e. The first kappa shape index (κ1) is 18.3. The van der Waals surface area contributed by atoms with Gasteiger partial charge in [0, 0.05) is 0 Å². The smallest absolute Gasteiger partial charge is 0.427 e. The third-order valence-electron chi connectivity index (χ3n) is 2.99. The van der Waals surface area contributed by atoms with Crippen LogP contribution in [0.4, 0.5) is 4.79 Å². The molecule has 2 rings (SSSR count). The summed E-state index contributed by atoms with van der Waals surface area (Å²) in [6.45, 7) is 0. The van der Waals surface area contributed by atoms with E-state index in [1.54, 1.807) is 12.1 Å². The number of rotatable bonds is 6. The van der Waals surface area contributed by atoms with E-state index in [-0.39, 0.29) is 10.6 Å². The van der Waals surface area contributed by atoms with Crippen molar-refractivity contribution in [1.29, 1.82) is 0 Å². The van der Waals surface area contributed by atoms with Crippen molar-refractivity contribution >= 4 is 22.4 Å². The van der Waals surface area contributed by atoms with Gasteiger partial charge in [0.05, 0.1) is 20.4 Å². The predicted molar refractivity (Wildman–Crippen MR) is 90.4 cm³/mol. The number of carbonyl (C=O) groups is 1. The number of benzene rings is 2. The van der Waals surface area contributed by atoms with Crippen molar-refractivity contribution in [2.75, 3.05) is 14.2 Å². The van der Waals surface area contributed by atoms with Gasteiger partial charge in [-0.05, 0) is 54.1 Å². The first-order valence-electron chi connectivity index (χ1n) is 7.00. The summed E-state index contributed by atoms with van der Waals surface area (Å²) in [5, 5.41) is 3.66. The highest BCUT2D eigenvalue weighted by molar-refractivity contribution is 7.87. The Morgan fingerprint density at radius 3 is 2.16 bits per heavy atom. The Morgan fingerprint density at radius 1 is 1.00 bits per heavy atom. The monoisotopic (exact) mass is 364 g/mol. The zero-order chi connectivity index (χ0) is 18.3. The van der Waals surface area contributed by atoms with Gasteiger partial charge in [-0.15, -0.1) is 0 Å². The molecule has 0 spiro atoms. The zero-order valence-electron chi connectivity index (χ0n) is 13.5. The number of ether oxygens (including phenoxy) is 2. The molecule has 0 atom stereocenters. The lowest BCUT2D eigenvalue weighted by Crippen LogP contribution is -2.16. The molecule has 1 amide bonds. The van der Waals surface area contributed by atoms with Gasteiger partial charge in [0.1, 0.15) is 16.4 Å². The molecule has 0 saturated carbocycles. The standard InChI is InChI=1S/C16H16N2O6S/c1-22-13-7-9-15(10-8-13)25(20,21)24-14-5-3-12(4-6-14)11-17-18-16(19)23-2/h3-11H,1-2H3,(H,18,19)/b17-11+. The highest BCUT2D eigenvalue weighted by Crippen LogP contribution is 2.21. The molecule has 0 heterocycles.